The summed E-state index contributed by atoms with van der Waals surface area (Å²) in [5, 5.41) is 3.43. The molecule has 3 nitrogen and oxygen atoms in total. The first-order valence-electron chi connectivity index (χ1n) is 6.30. The highest BCUT2D eigenvalue weighted by Gasteiger charge is 2.25. The molecular weight excluding hydrogens is 188 g/mol. The molecule has 0 amide bonds. The van der Waals surface area contributed by atoms with Gasteiger partial charge in [-0.2, -0.15) is 0 Å². The van der Waals surface area contributed by atoms with Gasteiger partial charge in [-0.25, -0.2) is 0 Å². The van der Waals surface area contributed by atoms with Crippen LogP contribution < -0.4 is 5.32 Å². The van der Waals surface area contributed by atoms with Gasteiger partial charge in [0.15, 0.2) is 0 Å². The molecule has 15 heavy (non-hydrogen) atoms. The Morgan fingerprint density at radius 3 is 2.93 bits per heavy atom. The molecule has 0 aliphatic carbocycles. The Labute approximate surface area is 94.2 Å². The summed E-state index contributed by atoms with van der Waals surface area (Å²) in [7, 11) is 0. The van der Waals surface area contributed by atoms with E-state index in [1.54, 1.807) is 0 Å². The summed E-state index contributed by atoms with van der Waals surface area (Å²) >= 11 is 0. The van der Waals surface area contributed by atoms with Gasteiger partial charge in [-0.1, -0.05) is 6.92 Å². The second-order valence-corrected chi connectivity index (χ2v) is 4.47. The van der Waals surface area contributed by atoms with Crippen molar-refractivity contribution in [1.29, 1.82) is 0 Å². The van der Waals surface area contributed by atoms with E-state index in [-0.39, 0.29) is 0 Å². The molecule has 0 aromatic carbocycles. The third-order valence-corrected chi connectivity index (χ3v) is 3.19. The van der Waals surface area contributed by atoms with Gasteiger partial charge in [-0.3, -0.25) is 4.90 Å². The van der Waals surface area contributed by atoms with Gasteiger partial charge in [0.2, 0.25) is 0 Å². The fraction of sp³-hybridized carbons (Fsp3) is 1.00. The molecule has 1 rings (SSSR count). The van der Waals surface area contributed by atoms with E-state index >= 15 is 0 Å². The molecule has 2 atom stereocenters. The van der Waals surface area contributed by atoms with E-state index in [0.29, 0.717) is 6.04 Å². The largest absolute Gasteiger partial charge is 0.380 e. The van der Waals surface area contributed by atoms with Gasteiger partial charge < -0.3 is 10.1 Å². The van der Waals surface area contributed by atoms with E-state index in [0.717, 1.165) is 25.7 Å². The molecule has 2 unspecified atom stereocenters. The van der Waals surface area contributed by atoms with Gasteiger partial charge in [0.1, 0.15) is 0 Å². The number of nitrogens with one attached hydrogen (secondary N) is 1. The molecule has 0 radical (unpaired) electrons. The van der Waals surface area contributed by atoms with Crippen LogP contribution in [-0.4, -0.2) is 50.3 Å². The second-order valence-electron chi connectivity index (χ2n) is 4.47. The quantitative estimate of drug-likeness (QED) is 0.692. The first-order valence-corrected chi connectivity index (χ1v) is 6.30. The van der Waals surface area contributed by atoms with Crippen LogP contribution in [0.2, 0.25) is 0 Å². The van der Waals surface area contributed by atoms with Crippen LogP contribution >= 0.6 is 0 Å². The summed E-state index contributed by atoms with van der Waals surface area (Å²) in [6.07, 6.45) is 1.34. The van der Waals surface area contributed by atoms with Crippen molar-refractivity contribution in [2.24, 2.45) is 5.92 Å². The van der Waals surface area contributed by atoms with Crippen LogP contribution in [0.4, 0.5) is 0 Å². The zero-order valence-electron chi connectivity index (χ0n) is 10.5. The lowest BCUT2D eigenvalue weighted by Gasteiger charge is -2.24. The molecule has 90 valence electrons. The van der Waals surface area contributed by atoms with Gasteiger partial charge in [0, 0.05) is 19.2 Å². The number of likely N-dealkylation sites (tertiary alicyclic amines) is 1. The van der Waals surface area contributed by atoms with Crippen LogP contribution in [0.25, 0.3) is 0 Å². The summed E-state index contributed by atoms with van der Waals surface area (Å²) in [5.41, 5.74) is 0. The molecule has 0 bridgehead atoms. The van der Waals surface area contributed by atoms with E-state index in [9.17, 15) is 0 Å². The average Bonchev–Trinajstić information content (AvgIpc) is 2.71. The number of ether oxygens (including phenoxy) is 1. The van der Waals surface area contributed by atoms with E-state index in [4.69, 9.17) is 4.74 Å². The predicted octanol–water partition coefficient (Wildman–Crippen LogP) is 1.34. The minimum absolute atomic E-state index is 0.580. The lowest BCUT2D eigenvalue weighted by molar-refractivity contribution is 0.0828. The Morgan fingerprint density at radius 2 is 2.27 bits per heavy atom. The van der Waals surface area contributed by atoms with Crippen molar-refractivity contribution in [3.05, 3.63) is 0 Å². The van der Waals surface area contributed by atoms with Crippen molar-refractivity contribution in [3.63, 3.8) is 0 Å². The predicted molar refractivity (Wildman–Crippen MR) is 64.2 cm³/mol. The standard InChI is InChI=1S/C12H26N2O/c1-4-13-8-12-6-7-14(9-12)11(3)10-15-5-2/h11-13H,4-10H2,1-3H3. The van der Waals surface area contributed by atoms with Crippen molar-refractivity contribution in [2.75, 3.05) is 39.4 Å². The fourth-order valence-electron chi connectivity index (χ4n) is 2.17. The maximum absolute atomic E-state index is 5.47. The van der Waals surface area contributed by atoms with Crippen LogP contribution in [0.5, 0.6) is 0 Å². The van der Waals surface area contributed by atoms with E-state index in [1.165, 1.54) is 26.1 Å². The van der Waals surface area contributed by atoms with Gasteiger partial charge in [0.05, 0.1) is 6.61 Å². The number of hydrogen-bond donors (Lipinski definition) is 1. The van der Waals surface area contributed by atoms with E-state index in [2.05, 4.69) is 31.0 Å². The van der Waals surface area contributed by atoms with Crippen molar-refractivity contribution >= 4 is 0 Å². The molecule has 1 heterocycles. The topological polar surface area (TPSA) is 24.5 Å². The first kappa shape index (κ1) is 12.9. The summed E-state index contributed by atoms with van der Waals surface area (Å²) in [5.74, 6) is 0.842. The maximum atomic E-state index is 5.47. The highest BCUT2D eigenvalue weighted by molar-refractivity contribution is 4.80. The normalized spacial score (nSPS) is 24.6. The monoisotopic (exact) mass is 214 g/mol. The summed E-state index contributed by atoms with van der Waals surface area (Å²) < 4.78 is 5.47. The molecule has 1 aliphatic rings. The maximum Gasteiger partial charge on any atom is 0.0618 e. The summed E-state index contributed by atoms with van der Waals surface area (Å²) in [4.78, 5) is 2.55. The number of nitrogens with zero attached hydrogens (tertiary/aromatic N) is 1. The van der Waals surface area contributed by atoms with E-state index < -0.39 is 0 Å². The molecule has 0 spiro atoms. The highest BCUT2D eigenvalue weighted by Crippen LogP contribution is 2.17. The van der Waals surface area contributed by atoms with Crippen molar-refractivity contribution in [3.8, 4) is 0 Å². The molecule has 1 N–H and O–H groups in total. The molecule has 3 heteroatoms. The van der Waals surface area contributed by atoms with E-state index in [1.807, 2.05) is 0 Å². The number of hydrogen-bond acceptors (Lipinski definition) is 3. The smallest absolute Gasteiger partial charge is 0.0618 e. The number of rotatable bonds is 7. The Balaban J connectivity index is 2.17. The van der Waals surface area contributed by atoms with Crippen LogP contribution in [0.1, 0.15) is 27.2 Å². The van der Waals surface area contributed by atoms with Gasteiger partial charge in [-0.05, 0) is 45.8 Å². The molecule has 0 aromatic heterocycles. The Morgan fingerprint density at radius 1 is 1.47 bits per heavy atom. The summed E-state index contributed by atoms with van der Waals surface area (Å²) in [6.45, 7) is 13.0. The van der Waals surface area contributed by atoms with Crippen LogP contribution in [0, 0.1) is 5.92 Å². The van der Waals surface area contributed by atoms with Crippen molar-refractivity contribution in [1.82, 2.24) is 10.2 Å². The minimum Gasteiger partial charge on any atom is -0.380 e. The Bertz CT molecular complexity index is 164. The van der Waals surface area contributed by atoms with Crippen LogP contribution in [-0.2, 0) is 4.74 Å². The Hall–Kier alpha value is -0.120. The molecular formula is C12H26N2O. The van der Waals surface area contributed by atoms with Crippen molar-refractivity contribution in [2.45, 2.75) is 33.2 Å². The Kier molecular flexibility index (Phi) is 6.22. The average molecular weight is 214 g/mol. The van der Waals surface area contributed by atoms with Gasteiger partial charge in [0.25, 0.3) is 0 Å². The zero-order valence-corrected chi connectivity index (χ0v) is 10.5. The van der Waals surface area contributed by atoms with Crippen LogP contribution in [0.15, 0.2) is 0 Å². The zero-order chi connectivity index (χ0) is 11.1. The molecule has 1 aliphatic heterocycles. The molecule has 0 aromatic rings. The molecule has 1 saturated heterocycles. The van der Waals surface area contributed by atoms with Crippen molar-refractivity contribution < 1.29 is 4.74 Å². The fourth-order valence-corrected chi connectivity index (χ4v) is 2.17. The lowest BCUT2D eigenvalue weighted by atomic mass is 10.1. The SMILES string of the molecule is CCNCC1CCN(C(C)COCC)C1. The van der Waals surface area contributed by atoms with Gasteiger partial charge >= 0.3 is 0 Å². The first-order chi connectivity index (χ1) is 7.27. The third-order valence-electron chi connectivity index (χ3n) is 3.19. The highest BCUT2D eigenvalue weighted by atomic mass is 16.5. The van der Waals surface area contributed by atoms with Crippen LogP contribution in [0.3, 0.4) is 0 Å². The minimum atomic E-state index is 0.580. The van der Waals surface area contributed by atoms with Gasteiger partial charge in [-0.15, -0.1) is 0 Å². The lowest BCUT2D eigenvalue weighted by Crippen LogP contribution is -2.35. The second kappa shape index (κ2) is 7.20. The third kappa shape index (κ3) is 4.49. The molecule has 1 fully saturated rings. The molecule has 0 saturated carbocycles. The summed E-state index contributed by atoms with van der Waals surface area (Å²) in [6, 6.07) is 0.580.